The number of hydrogen-bond acceptors (Lipinski definition) is 3. The molecule has 1 aromatic carbocycles. The Labute approximate surface area is 150 Å². The van der Waals surface area contributed by atoms with Gasteiger partial charge in [0.2, 0.25) is 0 Å². The fourth-order valence-electron chi connectivity index (χ4n) is 3.00. The van der Waals surface area contributed by atoms with Gasteiger partial charge in [-0.25, -0.2) is 4.79 Å². The molecule has 1 saturated heterocycles. The van der Waals surface area contributed by atoms with Crippen molar-refractivity contribution in [2.75, 3.05) is 33.3 Å². The maximum atomic E-state index is 11.7. The number of benzene rings is 1. The summed E-state index contributed by atoms with van der Waals surface area (Å²) in [4.78, 5) is 17.8. The van der Waals surface area contributed by atoms with E-state index in [1.165, 1.54) is 11.1 Å². The summed E-state index contributed by atoms with van der Waals surface area (Å²) in [5.41, 5.74) is 2.61. The molecule has 0 atom stereocenters. The molecule has 1 fully saturated rings. The summed E-state index contributed by atoms with van der Waals surface area (Å²) < 4.78 is 5.05. The number of guanidine groups is 1. The molecule has 2 rings (SSSR count). The van der Waals surface area contributed by atoms with Crippen molar-refractivity contribution in [3.63, 3.8) is 0 Å². The van der Waals surface area contributed by atoms with Gasteiger partial charge in [0.05, 0.1) is 6.61 Å². The van der Waals surface area contributed by atoms with Crippen molar-refractivity contribution < 1.29 is 9.53 Å². The molecule has 138 valence electrons. The Morgan fingerprint density at radius 3 is 2.76 bits per heavy atom. The molecular formula is C19H30N4O2. The third-order valence-electron chi connectivity index (χ3n) is 4.37. The quantitative estimate of drug-likeness (QED) is 0.634. The highest BCUT2D eigenvalue weighted by Gasteiger charge is 2.23. The zero-order valence-electron chi connectivity index (χ0n) is 15.5. The van der Waals surface area contributed by atoms with Crippen LogP contribution in [0.25, 0.3) is 0 Å². The first-order chi connectivity index (χ1) is 12.1. The third kappa shape index (κ3) is 6.29. The number of aliphatic imine (C=N–C) groups is 1. The molecule has 0 aromatic heterocycles. The lowest BCUT2D eigenvalue weighted by Crippen LogP contribution is -2.50. The van der Waals surface area contributed by atoms with Gasteiger partial charge in [0.25, 0.3) is 0 Å². The van der Waals surface area contributed by atoms with Crippen molar-refractivity contribution in [2.45, 2.75) is 39.2 Å². The number of carbonyl (C=O) groups excluding carboxylic acids is 1. The molecule has 1 aliphatic rings. The molecule has 6 heteroatoms. The molecular weight excluding hydrogens is 316 g/mol. The molecule has 0 radical (unpaired) electrons. The molecule has 0 unspecified atom stereocenters. The second-order valence-corrected chi connectivity index (χ2v) is 6.34. The minimum atomic E-state index is -0.207. The molecule has 25 heavy (non-hydrogen) atoms. The number of aryl methyl sites for hydroxylation is 1. The topological polar surface area (TPSA) is 66.0 Å². The lowest BCUT2D eigenvalue weighted by Gasteiger charge is -2.32. The van der Waals surface area contributed by atoms with Crippen LogP contribution in [0.1, 0.15) is 30.9 Å². The summed E-state index contributed by atoms with van der Waals surface area (Å²) in [5.74, 6) is 0.822. The summed E-state index contributed by atoms with van der Waals surface area (Å²) in [6, 6.07) is 8.89. The van der Waals surface area contributed by atoms with Gasteiger partial charge < -0.3 is 20.3 Å². The number of hydrogen-bond donors (Lipinski definition) is 2. The standard InChI is InChI=1S/C19H30N4O2/c1-4-25-19(24)23-12-9-17(10-13-23)22-18(20-3)21-11-8-16-7-5-6-15(2)14-16/h5-7,14,17H,4,8-13H2,1-3H3,(H2,20,21,22). The minimum absolute atomic E-state index is 0.207. The van der Waals surface area contributed by atoms with Gasteiger partial charge in [0, 0.05) is 32.7 Å². The van der Waals surface area contributed by atoms with Crippen LogP contribution < -0.4 is 10.6 Å². The second kappa shape index (κ2) is 9.91. The monoisotopic (exact) mass is 346 g/mol. The summed E-state index contributed by atoms with van der Waals surface area (Å²) in [7, 11) is 1.79. The van der Waals surface area contributed by atoms with E-state index in [1.54, 1.807) is 11.9 Å². The maximum Gasteiger partial charge on any atom is 0.409 e. The maximum absolute atomic E-state index is 11.7. The predicted molar refractivity (Wildman–Crippen MR) is 101 cm³/mol. The number of carbonyl (C=O) groups is 1. The lowest BCUT2D eigenvalue weighted by molar-refractivity contribution is 0.0963. The molecule has 1 aromatic rings. The van der Waals surface area contributed by atoms with Crippen LogP contribution in [0.15, 0.2) is 29.3 Å². The predicted octanol–water partition coefficient (Wildman–Crippen LogP) is 2.32. The van der Waals surface area contributed by atoms with Crippen LogP contribution in [0.3, 0.4) is 0 Å². The first-order valence-electron chi connectivity index (χ1n) is 9.06. The number of nitrogens with zero attached hydrogens (tertiary/aromatic N) is 2. The molecule has 1 heterocycles. The fourth-order valence-corrected chi connectivity index (χ4v) is 3.00. The van der Waals surface area contributed by atoms with Crippen LogP contribution in [0.5, 0.6) is 0 Å². The summed E-state index contributed by atoms with van der Waals surface area (Å²) in [5, 5.41) is 6.83. The number of piperidine rings is 1. The number of ether oxygens (including phenoxy) is 1. The van der Waals surface area contributed by atoms with Crippen LogP contribution >= 0.6 is 0 Å². The Morgan fingerprint density at radius 1 is 1.36 bits per heavy atom. The van der Waals surface area contributed by atoms with Crippen molar-refractivity contribution in [1.29, 1.82) is 0 Å². The minimum Gasteiger partial charge on any atom is -0.450 e. The lowest BCUT2D eigenvalue weighted by atomic mass is 10.1. The smallest absolute Gasteiger partial charge is 0.409 e. The Kier molecular flexibility index (Phi) is 7.57. The molecule has 1 amide bonds. The van der Waals surface area contributed by atoms with E-state index in [4.69, 9.17) is 4.74 Å². The molecule has 6 nitrogen and oxygen atoms in total. The number of nitrogens with one attached hydrogen (secondary N) is 2. The first kappa shape index (κ1) is 19.1. The van der Waals surface area contributed by atoms with Crippen molar-refractivity contribution in [1.82, 2.24) is 15.5 Å². The Morgan fingerprint density at radius 2 is 2.12 bits per heavy atom. The van der Waals surface area contributed by atoms with Gasteiger partial charge in [-0.2, -0.15) is 0 Å². The molecule has 0 saturated carbocycles. The third-order valence-corrected chi connectivity index (χ3v) is 4.37. The highest BCUT2D eigenvalue weighted by molar-refractivity contribution is 5.80. The second-order valence-electron chi connectivity index (χ2n) is 6.34. The van der Waals surface area contributed by atoms with Gasteiger partial charge in [-0.05, 0) is 38.7 Å². The molecule has 1 aliphatic heterocycles. The zero-order valence-corrected chi connectivity index (χ0v) is 15.5. The van der Waals surface area contributed by atoms with Gasteiger partial charge in [-0.3, -0.25) is 4.99 Å². The van der Waals surface area contributed by atoms with E-state index in [9.17, 15) is 4.79 Å². The van der Waals surface area contributed by atoms with E-state index in [2.05, 4.69) is 46.8 Å². The Balaban J connectivity index is 1.71. The van der Waals surface area contributed by atoms with Gasteiger partial charge >= 0.3 is 6.09 Å². The summed E-state index contributed by atoms with van der Waals surface area (Å²) in [6.07, 6.45) is 2.56. The van der Waals surface area contributed by atoms with Crippen LogP contribution in [0.4, 0.5) is 4.79 Å². The summed E-state index contributed by atoms with van der Waals surface area (Å²) >= 11 is 0. The van der Waals surface area contributed by atoms with E-state index < -0.39 is 0 Å². The molecule has 0 bridgehead atoms. The van der Waals surface area contributed by atoms with Crippen molar-refractivity contribution in [3.05, 3.63) is 35.4 Å². The SMILES string of the molecule is CCOC(=O)N1CCC(NC(=NC)NCCc2cccc(C)c2)CC1. The van der Waals surface area contributed by atoms with E-state index >= 15 is 0 Å². The molecule has 2 N–H and O–H groups in total. The average molecular weight is 346 g/mol. The van der Waals surface area contributed by atoms with Crippen LogP contribution in [-0.2, 0) is 11.2 Å². The van der Waals surface area contributed by atoms with Crippen molar-refractivity contribution in [3.8, 4) is 0 Å². The van der Waals surface area contributed by atoms with E-state index in [-0.39, 0.29) is 6.09 Å². The Bertz CT molecular complexity index is 581. The van der Waals surface area contributed by atoms with Crippen LogP contribution in [0.2, 0.25) is 0 Å². The normalized spacial score (nSPS) is 15.8. The number of rotatable bonds is 5. The highest BCUT2D eigenvalue weighted by Crippen LogP contribution is 2.11. The van der Waals surface area contributed by atoms with E-state index in [0.717, 1.165) is 44.9 Å². The van der Waals surface area contributed by atoms with Crippen molar-refractivity contribution >= 4 is 12.1 Å². The van der Waals surface area contributed by atoms with Gasteiger partial charge in [0.15, 0.2) is 5.96 Å². The zero-order chi connectivity index (χ0) is 18.1. The van der Waals surface area contributed by atoms with Gasteiger partial charge in [-0.1, -0.05) is 29.8 Å². The number of amides is 1. The van der Waals surface area contributed by atoms with Crippen molar-refractivity contribution in [2.24, 2.45) is 4.99 Å². The van der Waals surface area contributed by atoms with Crippen LogP contribution in [-0.4, -0.2) is 56.3 Å². The Hall–Kier alpha value is -2.24. The van der Waals surface area contributed by atoms with E-state index in [1.807, 2.05) is 6.92 Å². The van der Waals surface area contributed by atoms with Gasteiger partial charge in [-0.15, -0.1) is 0 Å². The van der Waals surface area contributed by atoms with Crippen LogP contribution in [0, 0.1) is 6.92 Å². The summed E-state index contributed by atoms with van der Waals surface area (Å²) in [6.45, 7) is 6.64. The fraction of sp³-hybridized carbons (Fsp3) is 0.579. The molecule has 0 spiro atoms. The molecule has 0 aliphatic carbocycles. The van der Waals surface area contributed by atoms with Gasteiger partial charge in [0.1, 0.15) is 0 Å². The highest BCUT2D eigenvalue weighted by atomic mass is 16.6. The average Bonchev–Trinajstić information content (AvgIpc) is 2.61. The number of likely N-dealkylation sites (tertiary alicyclic amines) is 1. The van der Waals surface area contributed by atoms with E-state index in [0.29, 0.717) is 12.6 Å². The largest absolute Gasteiger partial charge is 0.450 e. The first-order valence-corrected chi connectivity index (χ1v) is 9.06.